The van der Waals surface area contributed by atoms with E-state index in [2.05, 4.69) is 46.9 Å². The molecule has 1 unspecified atom stereocenters. The van der Waals surface area contributed by atoms with Gasteiger partial charge in [0.15, 0.2) is 9.84 Å². The molecule has 0 saturated heterocycles. The van der Waals surface area contributed by atoms with E-state index in [1.54, 1.807) is 24.3 Å². The topological polar surface area (TPSA) is 60.2 Å². The lowest BCUT2D eigenvalue weighted by Crippen LogP contribution is -2.13. The summed E-state index contributed by atoms with van der Waals surface area (Å²) in [6.45, 7) is 0. The molecule has 2 rings (SSSR count). The molecule has 2 aromatic rings. The van der Waals surface area contributed by atoms with Gasteiger partial charge in [-0.3, -0.25) is 0 Å². The lowest BCUT2D eigenvalue weighted by Gasteiger charge is -2.12. The minimum absolute atomic E-state index is 0.135. The summed E-state index contributed by atoms with van der Waals surface area (Å²) in [5.74, 6) is 0. The lowest BCUT2D eigenvalue weighted by molar-refractivity contribution is 0.601. The van der Waals surface area contributed by atoms with Crippen LogP contribution in [0.2, 0.25) is 0 Å². The molecule has 0 bridgehead atoms. The van der Waals surface area contributed by atoms with Crippen molar-refractivity contribution in [2.75, 3.05) is 6.26 Å². The summed E-state index contributed by atoms with van der Waals surface area (Å²) < 4.78 is 24.0. The molecular weight excluding hydrogens is 385 g/mol. The fraction of sp³-hybridized carbons (Fsp3) is 0.200. The van der Waals surface area contributed by atoms with Gasteiger partial charge in [0.05, 0.1) is 4.90 Å². The molecule has 0 aliphatic carbocycles. The van der Waals surface area contributed by atoms with Gasteiger partial charge in [-0.05, 0) is 64.4 Å². The molecule has 0 spiro atoms. The summed E-state index contributed by atoms with van der Waals surface area (Å²) >= 11 is 2.26. The molecule has 2 N–H and O–H groups in total. The second-order valence-corrected chi connectivity index (χ2v) is 8.04. The van der Waals surface area contributed by atoms with Crippen LogP contribution in [0.5, 0.6) is 0 Å². The molecule has 0 amide bonds. The Hall–Kier alpha value is -0.920. The minimum Gasteiger partial charge on any atom is -0.324 e. The largest absolute Gasteiger partial charge is 0.324 e. The van der Waals surface area contributed by atoms with Gasteiger partial charge in [0.2, 0.25) is 0 Å². The summed E-state index contributed by atoms with van der Waals surface area (Å²) in [4.78, 5) is 0.322. The van der Waals surface area contributed by atoms with Gasteiger partial charge in [-0.1, -0.05) is 24.3 Å². The van der Waals surface area contributed by atoms with Crippen LogP contribution in [-0.4, -0.2) is 14.7 Å². The van der Waals surface area contributed by atoms with Crippen LogP contribution < -0.4 is 5.73 Å². The normalized spacial score (nSPS) is 13.2. The van der Waals surface area contributed by atoms with Crippen molar-refractivity contribution >= 4 is 32.4 Å². The van der Waals surface area contributed by atoms with Crippen LogP contribution in [0.15, 0.2) is 53.4 Å². The Kier molecular flexibility index (Phi) is 4.82. The monoisotopic (exact) mass is 401 g/mol. The Morgan fingerprint density at radius 3 is 2.10 bits per heavy atom. The summed E-state index contributed by atoms with van der Waals surface area (Å²) in [5, 5.41) is 0. The zero-order valence-electron chi connectivity index (χ0n) is 11.1. The maximum atomic E-state index is 11.4. The van der Waals surface area contributed by atoms with Gasteiger partial charge in [-0.15, -0.1) is 0 Å². The van der Waals surface area contributed by atoms with Crippen molar-refractivity contribution in [1.29, 1.82) is 0 Å². The average Bonchev–Trinajstić information content (AvgIpc) is 2.40. The second-order valence-electron chi connectivity index (χ2n) is 4.78. The molecule has 0 radical (unpaired) electrons. The Morgan fingerprint density at radius 1 is 1.05 bits per heavy atom. The van der Waals surface area contributed by atoms with Gasteiger partial charge in [0, 0.05) is 15.9 Å². The number of nitrogens with two attached hydrogens (primary N) is 1. The maximum Gasteiger partial charge on any atom is 0.175 e. The number of sulfone groups is 1. The first-order valence-corrected chi connectivity index (χ1v) is 9.13. The first kappa shape index (κ1) is 15.5. The van der Waals surface area contributed by atoms with Crippen molar-refractivity contribution in [3.05, 3.63) is 63.2 Å². The van der Waals surface area contributed by atoms with E-state index in [4.69, 9.17) is 5.73 Å². The highest BCUT2D eigenvalue weighted by molar-refractivity contribution is 14.1. The molecule has 0 aliphatic rings. The lowest BCUT2D eigenvalue weighted by atomic mass is 10.00. The van der Waals surface area contributed by atoms with Crippen molar-refractivity contribution in [3.8, 4) is 0 Å². The summed E-state index contributed by atoms with van der Waals surface area (Å²) in [6.07, 6.45) is 1.93. The van der Waals surface area contributed by atoms with E-state index in [0.29, 0.717) is 4.90 Å². The SMILES string of the molecule is CS(=O)(=O)c1ccc(C(N)Cc2ccc(I)cc2)cc1. The highest BCUT2D eigenvalue weighted by Gasteiger charge is 2.10. The Labute approximate surface area is 133 Å². The summed E-state index contributed by atoms with van der Waals surface area (Å²) in [7, 11) is -3.15. The molecule has 106 valence electrons. The van der Waals surface area contributed by atoms with Gasteiger partial charge in [0.25, 0.3) is 0 Å². The van der Waals surface area contributed by atoms with Crippen molar-refractivity contribution < 1.29 is 8.42 Å². The molecule has 0 aromatic heterocycles. The van der Waals surface area contributed by atoms with Gasteiger partial charge < -0.3 is 5.73 Å². The van der Waals surface area contributed by atoms with Gasteiger partial charge in [-0.2, -0.15) is 0 Å². The molecule has 20 heavy (non-hydrogen) atoms. The molecule has 0 saturated carbocycles. The molecule has 0 aliphatic heterocycles. The smallest absolute Gasteiger partial charge is 0.175 e. The molecule has 0 heterocycles. The standard InChI is InChI=1S/C15H16INO2S/c1-20(18,19)14-8-4-12(5-9-14)15(17)10-11-2-6-13(16)7-3-11/h2-9,15H,10,17H2,1H3. The van der Waals surface area contributed by atoms with Gasteiger partial charge in [0.1, 0.15) is 0 Å². The number of rotatable bonds is 4. The Balaban J connectivity index is 2.13. The minimum atomic E-state index is -3.15. The predicted octanol–water partition coefficient (Wildman–Crippen LogP) is 2.94. The fourth-order valence-electron chi connectivity index (χ4n) is 1.95. The van der Waals surface area contributed by atoms with Crippen LogP contribution in [0.1, 0.15) is 17.2 Å². The molecule has 0 fully saturated rings. The van der Waals surface area contributed by atoms with Crippen LogP contribution >= 0.6 is 22.6 Å². The van der Waals surface area contributed by atoms with Crippen LogP contribution in [0.3, 0.4) is 0 Å². The third kappa shape index (κ3) is 4.04. The van der Waals surface area contributed by atoms with E-state index in [-0.39, 0.29) is 6.04 Å². The van der Waals surface area contributed by atoms with Crippen molar-refractivity contribution in [3.63, 3.8) is 0 Å². The van der Waals surface area contributed by atoms with Crippen molar-refractivity contribution in [2.24, 2.45) is 5.73 Å². The van der Waals surface area contributed by atoms with Crippen molar-refractivity contribution in [2.45, 2.75) is 17.4 Å². The fourth-order valence-corrected chi connectivity index (χ4v) is 2.94. The van der Waals surface area contributed by atoms with Crippen molar-refractivity contribution in [1.82, 2.24) is 0 Å². The first-order chi connectivity index (χ1) is 9.36. The van der Waals surface area contributed by atoms with Gasteiger partial charge >= 0.3 is 0 Å². The highest BCUT2D eigenvalue weighted by Crippen LogP contribution is 2.19. The molecule has 3 nitrogen and oxygen atoms in total. The zero-order valence-corrected chi connectivity index (χ0v) is 14.1. The number of hydrogen-bond donors (Lipinski definition) is 1. The molecular formula is C15H16INO2S. The van der Waals surface area contributed by atoms with Gasteiger partial charge in [-0.25, -0.2) is 8.42 Å². The van der Waals surface area contributed by atoms with Crippen LogP contribution in [-0.2, 0) is 16.3 Å². The molecule has 1 atom stereocenters. The quantitative estimate of drug-likeness (QED) is 0.802. The summed E-state index contributed by atoms with van der Waals surface area (Å²) in [6, 6.07) is 14.9. The Morgan fingerprint density at radius 2 is 1.60 bits per heavy atom. The van der Waals surface area contributed by atoms with E-state index in [9.17, 15) is 8.42 Å². The number of hydrogen-bond acceptors (Lipinski definition) is 3. The third-order valence-electron chi connectivity index (χ3n) is 3.11. The summed E-state index contributed by atoms with van der Waals surface area (Å²) in [5.41, 5.74) is 8.28. The van der Waals surface area contributed by atoms with E-state index >= 15 is 0 Å². The first-order valence-electron chi connectivity index (χ1n) is 6.16. The third-order valence-corrected chi connectivity index (χ3v) is 4.95. The van der Waals surface area contributed by atoms with E-state index < -0.39 is 9.84 Å². The maximum absolute atomic E-state index is 11.4. The van der Waals surface area contributed by atoms with E-state index in [1.807, 2.05) is 0 Å². The zero-order chi connectivity index (χ0) is 14.8. The highest BCUT2D eigenvalue weighted by atomic mass is 127. The number of benzene rings is 2. The van der Waals surface area contributed by atoms with E-state index in [0.717, 1.165) is 12.0 Å². The average molecular weight is 401 g/mol. The molecule has 5 heteroatoms. The molecule has 2 aromatic carbocycles. The Bertz CT molecular complexity index is 679. The van der Waals surface area contributed by atoms with E-state index in [1.165, 1.54) is 15.4 Å². The predicted molar refractivity (Wildman–Crippen MR) is 89.3 cm³/mol. The van der Waals surface area contributed by atoms with Crippen LogP contribution in [0, 0.1) is 3.57 Å². The van der Waals surface area contributed by atoms with Crippen LogP contribution in [0.4, 0.5) is 0 Å². The second kappa shape index (κ2) is 6.24. The van der Waals surface area contributed by atoms with Crippen LogP contribution in [0.25, 0.3) is 0 Å². The number of halogens is 1.